The molecule has 0 aliphatic heterocycles. The lowest BCUT2D eigenvalue weighted by atomic mass is 10.2. The van der Waals surface area contributed by atoms with Crippen LogP contribution < -0.4 is 0 Å². The lowest BCUT2D eigenvalue weighted by molar-refractivity contribution is 0.0783. The second kappa shape index (κ2) is 5.89. The zero-order valence-corrected chi connectivity index (χ0v) is 11.8. The molecule has 100 valence electrons. The highest BCUT2D eigenvalue weighted by molar-refractivity contribution is 6.30. The van der Waals surface area contributed by atoms with Gasteiger partial charge in [-0.25, -0.2) is 0 Å². The number of rotatable bonds is 4. The van der Waals surface area contributed by atoms with E-state index in [0.717, 1.165) is 12.2 Å². The Kier molecular flexibility index (Phi) is 4.22. The van der Waals surface area contributed by atoms with Crippen LogP contribution in [0.5, 0.6) is 0 Å². The van der Waals surface area contributed by atoms with Gasteiger partial charge in [-0.1, -0.05) is 11.6 Å². The fourth-order valence-corrected chi connectivity index (χ4v) is 1.92. The molecule has 1 heterocycles. The van der Waals surface area contributed by atoms with E-state index in [0.29, 0.717) is 17.1 Å². The van der Waals surface area contributed by atoms with Crippen molar-refractivity contribution in [3.05, 3.63) is 52.8 Å². The summed E-state index contributed by atoms with van der Waals surface area (Å²) in [5.41, 5.74) is 1.51. The van der Waals surface area contributed by atoms with E-state index >= 15 is 0 Å². The van der Waals surface area contributed by atoms with Gasteiger partial charge in [0.25, 0.3) is 5.91 Å². The smallest absolute Gasteiger partial charge is 0.253 e. The van der Waals surface area contributed by atoms with Crippen molar-refractivity contribution in [1.29, 1.82) is 0 Å². The maximum atomic E-state index is 12.2. The van der Waals surface area contributed by atoms with Crippen molar-refractivity contribution in [2.75, 3.05) is 7.05 Å². The number of carbonyl (C=O) groups excluding carboxylic acids is 1. The Morgan fingerprint density at radius 2 is 2.00 bits per heavy atom. The normalized spacial score (nSPS) is 10.5. The number of carbonyl (C=O) groups is 1. The van der Waals surface area contributed by atoms with E-state index in [1.54, 1.807) is 36.2 Å². The molecule has 4 nitrogen and oxygen atoms in total. The number of nitrogens with zero attached hydrogens (tertiary/aromatic N) is 3. The van der Waals surface area contributed by atoms with E-state index in [1.807, 2.05) is 23.9 Å². The Morgan fingerprint density at radius 1 is 1.32 bits per heavy atom. The predicted octanol–water partition coefficient (Wildman–Crippen LogP) is 2.83. The molecule has 19 heavy (non-hydrogen) atoms. The van der Waals surface area contributed by atoms with Gasteiger partial charge in [0.15, 0.2) is 0 Å². The van der Waals surface area contributed by atoms with Gasteiger partial charge in [-0.2, -0.15) is 5.10 Å². The van der Waals surface area contributed by atoms with Crippen molar-refractivity contribution >= 4 is 17.5 Å². The summed E-state index contributed by atoms with van der Waals surface area (Å²) in [5, 5.41) is 4.99. The summed E-state index contributed by atoms with van der Waals surface area (Å²) >= 11 is 5.81. The van der Waals surface area contributed by atoms with Crippen LogP contribution in [0.3, 0.4) is 0 Å². The average Bonchev–Trinajstić information content (AvgIpc) is 2.86. The van der Waals surface area contributed by atoms with Crippen molar-refractivity contribution in [3.63, 3.8) is 0 Å². The second-order valence-corrected chi connectivity index (χ2v) is 4.77. The van der Waals surface area contributed by atoms with Gasteiger partial charge in [-0.15, -0.1) is 0 Å². The molecular formula is C14H16ClN3O. The van der Waals surface area contributed by atoms with Crippen LogP contribution in [-0.4, -0.2) is 27.6 Å². The zero-order valence-electron chi connectivity index (χ0n) is 11.0. The van der Waals surface area contributed by atoms with Gasteiger partial charge < -0.3 is 4.90 Å². The first-order valence-corrected chi connectivity index (χ1v) is 6.51. The lowest BCUT2D eigenvalue weighted by Gasteiger charge is -2.15. The van der Waals surface area contributed by atoms with Crippen molar-refractivity contribution < 1.29 is 4.79 Å². The van der Waals surface area contributed by atoms with E-state index in [-0.39, 0.29) is 5.91 Å². The topological polar surface area (TPSA) is 38.1 Å². The molecule has 0 saturated carbocycles. The number of amides is 1. The molecule has 0 atom stereocenters. The Labute approximate surface area is 117 Å². The molecule has 0 bridgehead atoms. The number of hydrogen-bond acceptors (Lipinski definition) is 2. The number of aromatic nitrogens is 2. The average molecular weight is 278 g/mol. The Morgan fingerprint density at radius 3 is 2.58 bits per heavy atom. The summed E-state index contributed by atoms with van der Waals surface area (Å²) in [6, 6.07) is 8.82. The second-order valence-electron chi connectivity index (χ2n) is 4.33. The molecule has 0 N–H and O–H groups in total. The third kappa shape index (κ3) is 3.35. The van der Waals surface area contributed by atoms with Gasteiger partial charge in [0.1, 0.15) is 0 Å². The molecule has 1 aromatic carbocycles. The molecule has 2 aromatic rings. The third-order valence-electron chi connectivity index (χ3n) is 2.86. The van der Waals surface area contributed by atoms with Gasteiger partial charge in [0.2, 0.25) is 0 Å². The minimum Gasteiger partial charge on any atom is -0.336 e. The molecule has 0 saturated heterocycles. The third-order valence-corrected chi connectivity index (χ3v) is 3.11. The van der Waals surface area contributed by atoms with Crippen LogP contribution in [0.2, 0.25) is 5.02 Å². The first-order valence-electron chi connectivity index (χ1n) is 6.13. The first kappa shape index (κ1) is 13.6. The molecular weight excluding hydrogens is 262 g/mol. The summed E-state index contributed by atoms with van der Waals surface area (Å²) in [6.07, 6.45) is 1.91. The van der Waals surface area contributed by atoms with E-state index in [9.17, 15) is 4.79 Å². The van der Waals surface area contributed by atoms with Crippen molar-refractivity contribution in [2.24, 2.45) is 0 Å². The Balaban J connectivity index is 2.04. The standard InChI is InChI=1S/C14H16ClN3O/c1-3-18-9-8-13(16-18)10-17(2)14(19)11-4-6-12(15)7-5-11/h4-9H,3,10H2,1-2H3. The number of aryl methyl sites for hydroxylation is 1. The van der Waals surface area contributed by atoms with Crippen LogP contribution in [0.25, 0.3) is 0 Å². The maximum Gasteiger partial charge on any atom is 0.253 e. The van der Waals surface area contributed by atoms with Crippen LogP contribution >= 0.6 is 11.6 Å². The van der Waals surface area contributed by atoms with Gasteiger partial charge in [-0.3, -0.25) is 9.48 Å². The highest BCUT2D eigenvalue weighted by Crippen LogP contribution is 2.12. The molecule has 0 aliphatic carbocycles. The van der Waals surface area contributed by atoms with E-state index in [1.165, 1.54) is 0 Å². The minimum atomic E-state index is -0.0392. The lowest BCUT2D eigenvalue weighted by Crippen LogP contribution is -2.26. The summed E-state index contributed by atoms with van der Waals surface area (Å²) in [4.78, 5) is 13.8. The van der Waals surface area contributed by atoms with Crippen LogP contribution in [0.1, 0.15) is 23.0 Å². The number of halogens is 1. The maximum absolute atomic E-state index is 12.2. The quantitative estimate of drug-likeness (QED) is 0.862. The van der Waals surface area contributed by atoms with Crippen molar-refractivity contribution in [1.82, 2.24) is 14.7 Å². The zero-order chi connectivity index (χ0) is 13.8. The predicted molar refractivity (Wildman–Crippen MR) is 75.2 cm³/mol. The van der Waals surface area contributed by atoms with Gasteiger partial charge >= 0.3 is 0 Å². The van der Waals surface area contributed by atoms with Crippen LogP contribution in [-0.2, 0) is 13.1 Å². The van der Waals surface area contributed by atoms with Crippen LogP contribution in [0, 0.1) is 0 Å². The van der Waals surface area contributed by atoms with Gasteiger partial charge in [0.05, 0.1) is 12.2 Å². The van der Waals surface area contributed by atoms with Crippen LogP contribution in [0.15, 0.2) is 36.5 Å². The molecule has 0 aliphatic rings. The summed E-state index contributed by atoms with van der Waals surface area (Å²) in [6.45, 7) is 3.35. The largest absolute Gasteiger partial charge is 0.336 e. The van der Waals surface area contributed by atoms with E-state index in [4.69, 9.17) is 11.6 Å². The van der Waals surface area contributed by atoms with Crippen molar-refractivity contribution in [3.8, 4) is 0 Å². The highest BCUT2D eigenvalue weighted by Gasteiger charge is 2.12. The molecule has 0 radical (unpaired) electrons. The fourth-order valence-electron chi connectivity index (χ4n) is 1.79. The Bertz CT molecular complexity index is 562. The van der Waals surface area contributed by atoms with Gasteiger partial charge in [0, 0.05) is 30.4 Å². The molecule has 1 amide bonds. The molecule has 0 fully saturated rings. The van der Waals surface area contributed by atoms with Crippen molar-refractivity contribution in [2.45, 2.75) is 20.0 Å². The SMILES string of the molecule is CCn1ccc(CN(C)C(=O)c2ccc(Cl)cc2)n1. The monoisotopic (exact) mass is 277 g/mol. The molecule has 0 unspecified atom stereocenters. The van der Waals surface area contributed by atoms with E-state index < -0.39 is 0 Å². The van der Waals surface area contributed by atoms with E-state index in [2.05, 4.69) is 5.10 Å². The molecule has 5 heteroatoms. The number of benzene rings is 1. The molecule has 0 spiro atoms. The fraction of sp³-hybridized carbons (Fsp3) is 0.286. The molecule has 1 aromatic heterocycles. The summed E-state index contributed by atoms with van der Waals surface area (Å²) in [7, 11) is 1.77. The summed E-state index contributed by atoms with van der Waals surface area (Å²) in [5.74, 6) is -0.0392. The van der Waals surface area contributed by atoms with Crippen LogP contribution in [0.4, 0.5) is 0 Å². The number of hydrogen-bond donors (Lipinski definition) is 0. The highest BCUT2D eigenvalue weighted by atomic mass is 35.5. The van der Waals surface area contributed by atoms with Gasteiger partial charge in [-0.05, 0) is 37.3 Å². The first-order chi connectivity index (χ1) is 9.10. The summed E-state index contributed by atoms with van der Waals surface area (Å²) < 4.78 is 1.84. The Hall–Kier alpha value is -1.81. The minimum absolute atomic E-state index is 0.0392. The molecule has 2 rings (SSSR count).